The molecule has 90 valence electrons. The summed E-state index contributed by atoms with van der Waals surface area (Å²) in [6.07, 6.45) is 5.75. The highest BCUT2D eigenvalue weighted by Gasteiger charge is 2.24. The van der Waals surface area contributed by atoms with Crippen LogP contribution in [-0.2, 0) is 0 Å². The maximum atomic E-state index is 3.51. The number of hydrogen-bond acceptors (Lipinski definition) is 2. The second-order valence-electron chi connectivity index (χ2n) is 5.55. The molecule has 0 radical (unpaired) electrons. The van der Waals surface area contributed by atoms with Crippen LogP contribution in [0.25, 0.3) is 0 Å². The minimum absolute atomic E-state index is 0.705. The minimum atomic E-state index is 0.705. The summed E-state index contributed by atoms with van der Waals surface area (Å²) in [4.78, 5) is 2.48. The van der Waals surface area contributed by atoms with Crippen LogP contribution in [0.2, 0.25) is 0 Å². The SMILES string of the molecule is CNC(CN(C)CC(C)C)C1CCCC1. The molecule has 1 rings (SSSR count). The predicted molar refractivity (Wildman–Crippen MR) is 67.1 cm³/mol. The van der Waals surface area contributed by atoms with Gasteiger partial charge in [-0.25, -0.2) is 0 Å². The van der Waals surface area contributed by atoms with Crippen LogP contribution in [0.1, 0.15) is 39.5 Å². The third-order valence-corrected chi connectivity index (χ3v) is 3.52. The normalized spacial score (nSPS) is 20.4. The zero-order chi connectivity index (χ0) is 11.3. The van der Waals surface area contributed by atoms with Crippen LogP contribution in [0, 0.1) is 11.8 Å². The van der Waals surface area contributed by atoms with Crippen molar-refractivity contribution in [2.24, 2.45) is 11.8 Å². The maximum Gasteiger partial charge on any atom is 0.0220 e. The van der Waals surface area contributed by atoms with Crippen LogP contribution in [-0.4, -0.2) is 38.1 Å². The van der Waals surface area contributed by atoms with Gasteiger partial charge in [0.1, 0.15) is 0 Å². The van der Waals surface area contributed by atoms with Gasteiger partial charge in [0.25, 0.3) is 0 Å². The van der Waals surface area contributed by atoms with E-state index >= 15 is 0 Å². The van der Waals surface area contributed by atoms with Gasteiger partial charge >= 0.3 is 0 Å². The molecule has 1 fully saturated rings. The lowest BCUT2D eigenvalue weighted by Crippen LogP contribution is -2.43. The number of rotatable bonds is 6. The Morgan fingerprint density at radius 1 is 1.20 bits per heavy atom. The van der Waals surface area contributed by atoms with E-state index in [9.17, 15) is 0 Å². The lowest BCUT2D eigenvalue weighted by Gasteiger charge is -2.29. The Kier molecular flexibility index (Phi) is 5.62. The average Bonchev–Trinajstić information content (AvgIpc) is 2.65. The zero-order valence-corrected chi connectivity index (χ0v) is 10.9. The van der Waals surface area contributed by atoms with E-state index in [-0.39, 0.29) is 0 Å². The van der Waals surface area contributed by atoms with Gasteiger partial charge in [-0.3, -0.25) is 0 Å². The molecule has 15 heavy (non-hydrogen) atoms. The van der Waals surface area contributed by atoms with Gasteiger partial charge in [-0.2, -0.15) is 0 Å². The van der Waals surface area contributed by atoms with Gasteiger partial charge in [0.05, 0.1) is 0 Å². The van der Waals surface area contributed by atoms with Crippen molar-refractivity contribution in [2.75, 3.05) is 27.2 Å². The third kappa shape index (κ3) is 4.52. The number of likely N-dealkylation sites (N-methyl/N-ethyl adjacent to an activating group) is 2. The van der Waals surface area contributed by atoms with Crippen molar-refractivity contribution in [1.29, 1.82) is 0 Å². The monoisotopic (exact) mass is 212 g/mol. The molecule has 2 nitrogen and oxygen atoms in total. The van der Waals surface area contributed by atoms with E-state index in [1.807, 2.05) is 0 Å². The van der Waals surface area contributed by atoms with E-state index in [1.165, 1.54) is 38.8 Å². The summed E-state index contributed by atoms with van der Waals surface area (Å²) < 4.78 is 0. The van der Waals surface area contributed by atoms with Crippen LogP contribution >= 0.6 is 0 Å². The van der Waals surface area contributed by atoms with Gasteiger partial charge in [-0.05, 0) is 38.8 Å². The molecule has 1 atom stereocenters. The van der Waals surface area contributed by atoms with Gasteiger partial charge in [0.2, 0.25) is 0 Å². The molecule has 0 saturated heterocycles. The summed E-state index contributed by atoms with van der Waals surface area (Å²) in [5, 5.41) is 3.51. The van der Waals surface area contributed by atoms with Crippen LogP contribution in [0.5, 0.6) is 0 Å². The summed E-state index contributed by atoms with van der Waals surface area (Å²) in [5.74, 6) is 1.70. The molecule has 0 aliphatic heterocycles. The molecule has 1 aliphatic carbocycles. The lowest BCUT2D eigenvalue weighted by atomic mass is 9.97. The van der Waals surface area contributed by atoms with Gasteiger partial charge < -0.3 is 10.2 Å². The van der Waals surface area contributed by atoms with E-state index in [1.54, 1.807) is 0 Å². The van der Waals surface area contributed by atoms with E-state index in [0.29, 0.717) is 6.04 Å². The van der Waals surface area contributed by atoms with Crippen molar-refractivity contribution >= 4 is 0 Å². The number of hydrogen-bond donors (Lipinski definition) is 1. The molecule has 0 heterocycles. The predicted octanol–water partition coefficient (Wildman–Crippen LogP) is 2.35. The number of nitrogens with zero attached hydrogens (tertiary/aromatic N) is 1. The van der Waals surface area contributed by atoms with Gasteiger partial charge in [-0.15, -0.1) is 0 Å². The molecule has 1 aliphatic rings. The van der Waals surface area contributed by atoms with E-state index in [2.05, 4.69) is 38.2 Å². The van der Waals surface area contributed by atoms with Crippen molar-refractivity contribution in [1.82, 2.24) is 10.2 Å². The fourth-order valence-electron chi connectivity index (χ4n) is 2.87. The van der Waals surface area contributed by atoms with Crippen LogP contribution in [0.4, 0.5) is 0 Å². The smallest absolute Gasteiger partial charge is 0.0220 e. The first kappa shape index (κ1) is 13.0. The lowest BCUT2D eigenvalue weighted by molar-refractivity contribution is 0.230. The highest BCUT2D eigenvalue weighted by atomic mass is 15.1. The Hall–Kier alpha value is -0.0800. The van der Waals surface area contributed by atoms with Gasteiger partial charge in [0, 0.05) is 19.1 Å². The van der Waals surface area contributed by atoms with Crippen LogP contribution in [0.15, 0.2) is 0 Å². The standard InChI is InChI=1S/C13H28N2/c1-11(2)9-15(4)10-13(14-3)12-7-5-6-8-12/h11-14H,5-10H2,1-4H3. The molecule has 0 amide bonds. The highest BCUT2D eigenvalue weighted by molar-refractivity contribution is 4.81. The summed E-state index contributed by atoms with van der Waals surface area (Å²) in [6, 6.07) is 0.705. The first-order valence-electron chi connectivity index (χ1n) is 6.49. The fourth-order valence-corrected chi connectivity index (χ4v) is 2.87. The van der Waals surface area contributed by atoms with Crippen molar-refractivity contribution in [2.45, 2.75) is 45.6 Å². The Labute approximate surface area is 95.4 Å². The van der Waals surface area contributed by atoms with Gasteiger partial charge in [-0.1, -0.05) is 26.7 Å². The molecule has 0 spiro atoms. The second-order valence-corrected chi connectivity index (χ2v) is 5.55. The fraction of sp³-hybridized carbons (Fsp3) is 1.00. The molecule has 1 unspecified atom stereocenters. The molecule has 2 heteroatoms. The van der Waals surface area contributed by atoms with Gasteiger partial charge in [0.15, 0.2) is 0 Å². The average molecular weight is 212 g/mol. The number of nitrogens with one attached hydrogen (secondary N) is 1. The van der Waals surface area contributed by atoms with Crippen molar-refractivity contribution in [3.05, 3.63) is 0 Å². The first-order valence-corrected chi connectivity index (χ1v) is 6.49. The Morgan fingerprint density at radius 2 is 1.80 bits per heavy atom. The molecule has 1 saturated carbocycles. The Balaban J connectivity index is 2.31. The van der Waals surface area contributed by atoms with E-state index < -0.39 is 0 Å². The quantitative estimate of drug-likeness (QED) is 0.727. The van der Waals surface area contributed by atoms with Crippen molar-refractivity contribution < 1.29 is 0 Å². The summed E-state index contributed by atoms with van der Waals surface area (Å²) >= 11 is 0. The molecular weight excluding hydrogens is 184 g/mol. The first-order chi connectivity index (χ1) is 7.13. The molecule has 0 bridgehead atoms. The molecule has 0 aromatic rings. The topological polar surface area (TPSA) is 15.3 Å². The van der Waals surface area contributed by atoms with E-state index in [4.69, 9.17) is 0 Å². The summed E-state index contributed by atoms with van der Waals surface area (Å²) in [6.45, 7) is 7.01. The molecular formula is C13H28N2. The largest absolute Gasteiger partial charge is 0.315 e. The van der Waals surface area contributed by atoms with Crippen molar-refractivity contribution in [3.8, 4) is 0 Å². The summed E-state index contributed by atoms with van der Waals surface area (Å²) in [5.41, 5.74) is 0. The van der Waals surface area contributed by atoms with Crippen LogP contribution in [0.3, 0.4) is 0 Å². The second kappa shape index (κ2) is 6.49. The summed E-state index contributed by atoms with van der Waals surface area (Å²) in [7, 11) is 4.37. The maximum absolute atomic E-state index is 3.51. The minimum Gasteiger partial charge on any atom is -0.315 e. The van der Waals surface area contributed by atoms with Crippen molar-refractivity contribution in [3.63, 3.8) is 0 Å². The Bertz CT molecular complexity index is 162. The van der Waals surface area contributed by atoms with E-state index in [0.717, 1.165) is 11.8 Å². The zero-order valence-electron chi connectivity index (χ0n) is 10.9. The van der Waals surface area contributed by atoms with Crippen LogP contribution < -0.4 is 5.32 Å². The molecule has 0 aromatic carbocycles. The molecule has 1 N–H and O–H groups in total. The molecule has 0 aromatic heterocycles. The highest BCUT2D eigenvalue weighted by Crippen LogP contribution is 2.27. The Morgan fingerprint density at radius 3 is 2.27 bits per heavy atom. The third-order valence-electron chi connectivity index (χ3n) is 3.52.